The van der Waals surface area contributed by atoms with Gasteiger partial charge in [-0.25, -0.2) is 9.97 Å². The first-order chi connectivity index (χ1) is 13.6. The van der Waals surface area contributed by atoms with Crippen LogP contribution in [0.4, 0.5) is 17.3 Å². The Balaban J connectivity index is 1.49. The summed E-state index contributed by atoms with van der Waals surface area (Å²) in [6, 6.07) is 13.6. The average molecular weight is 376 g/mol. The zero-order chi connectivity index (χ0) is 19.5. The van der Waals surface area contributed by atoms with Crippen LogP contribution in [-0.4, -0.2) is 28.5 Å². The Kier molecular flexibility index (Phi) is 4.59. The Morgan fingerprint density at radius 3 is 2.71 bits per heavy atom. The molecule has 28 heavy (non-hydrogen) atoms. The molecule has 0 bridgehead atoms. The molecule has 2 heterocycles. The third kappa shape index (κ3) is 3.75. The number of ketones is 1. The fourth-order valence-electron chi connectivity index (χ4n) is 2.66. The van der Waals surface area contributed by atoms with Gasteiger partial charge in [-0.1, -0.05) is 12.1 Å². The highest BCUT2D eigenvalue weighted by atomic mass is 16.7. The normalized spacial score (nSPS) is 11.8. The number of hydrogen-bond donors (Lipinski definition) is 2. The van der Waals surface area contributed by atoms with Gasteiger partial charge in [0.05, 0.1) is 0 Å². The first-order valence-electron chi connectivity index (χ1n) is 8.50. The Morgan fingerprint density at radius 2 is 1.86 bits per heavy atom. The second-order valence-corrected chi connectivity index (χ2v) is 6.05. The van der Waals surface area contributed by atoms with E-state index >= 15 is 0 Å². The predicted molar refractivity (Wildman–Crippen MR) is 102 cm³/mol. The summed E-state index contributed by atoms with van der Waals surface area (Å²) in [5, 5.41) is 5.77. The first-order valence-corrected chi connectivity index (χ1v) is 8.50. The SMILES string of the molecule is CC(=O)c1cccc(Nc2nccc(C(=O)Nc3ccc4c(c3)OCO4)n2)c1. The Hall–Kier alpha value is -3.94. The summed E-state index contributed by atoms with van der Waals surface area (Å²) in [6.45, 7) is 1.66. The molecule has 0 saturated carbocycles. The second-order valence-electron chi connectivity index (χ2n) is 6.05. The topological polar surface area (TPSA) is 102 Å². The summed E-state index contributed by atoms with van der Waals surface area (Å²) in [4.78, 5) is 32.4. The first kappa shape index (κ1) is 17.5. The Morgan fingerprint density at radius 1 is 1.00 bits per heavy atom. The summed E-state index contributed by atoms with van der Waals surface area (Å²) >= 11 is 0. The molecule has 0 aliphatic carbocycles. The molecule has 8 heteroatoms. The summed E-state index contributed by atoms with van der Waals surface area (Å²) in [5.41, 5.74) is 1.98. The maximum atomic E-state index is 12.5. The number of Topliss-reactive ketones (excluding diaryl/α,β-unsaturated/α-hetero) is 1. The number of carbonyl (C=O) groups is 2. The van der Waals surface area contributed by atoms with Crippen LogP contribution >= 0.6 is 0 Å². The number of ether oxygens (including phenoxy) is 2. The third-order valence-corrected chi connectivity index (χ3v) is 4.04. The number of benzene rings is 2. The van der Waals surface area contributed by atoms with Crippen molar-refractivity contribution in [1.82, 2.24) is 9.97 Å². The Labute approximate surface area is 160 Å². The molecule has 1 aliphatic rings. The van der Waals surface area contributed by atoms with Crippen molar-refractivity contribution < 1.29 is 19.1 Å². The van der Waals surface area contributed by atoms with Gasteiger partial charge < -0.3 is 20.1 Å². The predicted octanol–water partition coefficient (Wildman–Crippen LogP) is 3.40. The van der Waals surface area contributed by atoms with Gasteiger partial charge >= 0.3 is 0 Å². The van der Waals surface area contributed by atoms with E-state index in [0.29, 0.717) is 28.4 Å². The number of carbonyl (C=O) groups excluding carboxylic acids is 2. The van der Waals surface area contributed by atoms with E-state index in [0.717, 1.165) is 0 Å². The maximum Gasteiger partial charge on any atom is 0.274 e. The van der Waals surface area contributed by atoms with E-state index in [2.05, 4.69) is 20.6 Å². The molecule has 0 saturated heterocycles. The van der Waals surface area contributed by atoms with Crippen LogP contribution in [0.15, 0.2) is 54.7 Å². The molecule has 0 fully saturated rings. The number of hydrogen-bond acceptors (Lipinski definition) is 7. The van der Waals surface area contributed by atoms with Crippen molar-refractivity contribution in [3.8, 4) is 11.5 Å². The second kappa shape index (κ2) is 7.36. The van der Waals surface area contributed by atoms with Gasteiger partial charge in [0.25, 0.3) is 5.91 Å². The molecule has 1 aliphatic heterocycles. The highest BCUT2D eigenvalue weighted by Crippen LogP contribution is 2.34. The van der Waals surface area contributed by atoms with Gasteiger partial charge in [-0.05, 0) is 37.3 Å². The van der Waals surface area contributed by atoms with Crippen molar-refractivity contribution in [2.75, 3.05) is 17.4 Å². The van der Waals surface area contributed by atoms with E-state index in [-0.39, 0.29) is 30.1 Å². The molecule has 2 N–H and O–H groups in total. The number of fused-ring (bicyclic) bond motifs is 1. The highest BCUT2D eigenvalue weighted by molar-refractivity contribution is 6.03. The van der Waals surface area contributed by atoms with Crippen molar-refractivity contribution in [2.45, 2.75) is 6.92 Å². The molecule has 0 atom stereocenters. The van der Waals surface area contributed by atoms with Crippen LogP contribution in [0.2, 0.25) is 0 Å². The lowest BCUT2D eigenvalue weighted by Gasteiger charge is -2.08. The van der Waals surface area contributed by atoms with E-state index in [4.69, 9.17) is 9.47 Å². The summed E-state index contributed by atoms with van der Waals surface area (Å²) in [7, 11) is 0. The zero-order valence-electron chi connectivity index (χ0n) is 14.9. The molecule has 0 radical (unpaired) electrons. The lowest BCUT2D eigenvalue weighted by Crippen LogP contribution is -2.14. The van der Waals surface area contributed by atoms with E-state index in [1.165, 1.54) is 19.2 Å². The summed E-state index contributed by atoms with van der Waals surface area (Å²) in [5.74, 6) is 1.04. The van der Waals surface area contributed by atoms with Gasteiger partial charge in [-0.2, -0.15) is 0 Å². The van der Waals surface area contributed by atoms with Crippen LogP contribution in [0.3, 0.4) is 0 Å². The average Bonchev–Trinajstić information content (AvgIpc) is 3.16. The van der Waals surface area contributed by atoms with Crippen molar-refractivity contribution in [3.05, 3.63) is 66.0 Å². The van der Waals surface area contributed by atoms with E-state index in [1.54, 1.807) is 42.5 Å². The minimum atomic E-state index is -0.387. The van der Waals surface area contributed by atoms with Crippen LogP contribution in [-0.2, 0) is 0 Å². The Bertz CT molecular complexity index is 1070. The number of rotatable bonds is 5. The fourth-order valence-corrected chi connectivity index (χ4v) is 2.66. The molecule has 3 aromatic rings. The lowest BCUT2D eigenvalue weighted by atomic mass is 10.1. The molecule has 1 aromatic heterocycles. The number of nitrogens with one attached hydrogen (secondary N) is 2. The minimum absolute atomic E-state index is 0.0403. The van der Waals surface area contributed by atoms with Crippen LogP contribution in [0.25, 0.3) is 0 Å². The van der Waals surface area contributed by atoms with Crippen molar-refractivity contribution in [1.29, 1.82) is 0 Å². The van der Waals surface area contributed by atoms with Crippen molar-refractivity contribution in [3.63, 3.8) is 0 Å². The molecule has 2 aromatic carbocycles. The monoisotopic (exact) mass is 376 g/mol. The van der Waals surface area contributed by atoms with Crippen LogP contribution < -0.4 is 20.1 Å². The standard InChI is InChI=1S/C20H16N4O4/c1-12(25)13-3-2-4-14(9-13)23-20-21-8-7-16(24-20)19(26)22-15-5-6-17-18(10-15)28-11-27-17/h2-10H,11H2,1H3,(H,22,26)(H,21,23,24). The number of amides is 1. The van der Waals surface area contributed by atoms with Gasteiger partial charge in [0.2, 0.25) is 12.7 Å². The number of aromatic nitrogens is 2. The smallest absolute Gasteiger partial charge is 0.274 e. The fraction of sp³-hybridized carbons (Fsp3) is 0.100. The quantitative estimate of drug-likeness (QED) is 0.658. The molecule has 8 nitrogen and oxygen atoms in total. The molecule has 140 valence electrons. The van der Waals surface area contributed by atoms with Gasteiger partial charge in [0, 0.05) is 29.2 Å². The van der Waals surface area contributed by atoms with E-state index < -0.39 is 0 Å². The van der Waals surface area contributed by atoms with Crippen LogP contribution in [0.1, 0.15) is 27.8 Å². The van der Waals surface area contributed by atoms with Gasteiger partial charge in [0.1, 0.15) is 5.69 Å². The third-order valence-electron chi connectivity index (χ3n) is 4.04. The molecular formula is C20H16N4O4. The van der Waals surface area contributed by atoms with Crippen molar-refractivity contribution >= 4 is 29.0 Å². The number of anilines is 3. The maximum absolute atomic E-state index is 12.5. The molecule has 1 amide bonds. The molecule has 0 unspecified atom stereocenters. The van der Waals surface area contributed by atoms with Gasteiger partial charge in [-0.15, -0.1) is 0 Å². The van der Waals surface area contributed by atoms with E-state index in [1.807, 2.05) is 0 Å². The van der Waals surface area contributed by atoms with Gasteiger partial charge in [0.15, 0.2) is 17.3 Å². The lowest BCUT2D eigenvalue weighted by molar-refractivity contribution is 0.101. The van der Waals surface area contributed by atoms with Crippen LogP contribution in [0.5, 0.6) is 11.5 Å². The van der Waals surface area contributed by atoms with E-state index in [9.17, 15) is 9.59 Å². The largest absolute Gasteiger partial charge is 0.454 e. The minimum Gasteiger partial charge on any atom is -0.454 e. The van der Waals surface area contributed by atoms with Gasteiger partial charge in [-0.3, -0.25) is 9.59 Å². The highest BCUT2D eigenvalue weighted by Gasteiger charge is 2.15. The molecular weight excluding hydrogens is 360 g/mol. The number of nitrogens with zero attached hydrogens (tertiary/aromatic N) is 2. The zero-order valence-corrected chi connectivity index (χ0v) is 14.9. The van der Waals surface area contributed by atoms with Crippen LogP contribution in [0, 0.1) is 0 Å². The molecule has 4 rings (SSSR count). The van der Waals surface area contributed by atoms with Crippen molar-refractivity contribution in [2.24, 2.45) is 0 Å². The summed E-state index contributed by atoms with van der Waals surface area (Å²) < 4.78 is 10.6. The summed E-state index contributed by atoms with van der Waals surface area (Å²) in [6.07, 6.45) is 1.48. The molecule has 0 spiro atoms.